The molecule has 0 aliphatic carbocycles. The molecule has 0 saturated carbocycles. The van der Waals surface area contributed by atoms with Crippen LogP contribution in [0.25, 0.3) is 0 Å². The molecule has 0 bridgehead atoms. The van der Waals surface area contributed by atoms with Gasteiger partial charge in [0.2, 0.25) is 0 Å². The zero-order valence-corrected chi connectivity index (χ0v) is 15.1. The van der Waals surface area contributed by atoms with Crippen molar-refractivity contribution in [3.63, 3.8) is 0 Å². The van der Waals surface area contributed by atoms with Gasteiger partial charge in [0.25, 0.3) is 5.91 Å². The zero-order chi connectivity index (χ0) is 17.0. The largest absolute Gasteiger partial charge is 0.481 e. The van der Waals surface area contributed by atoms with Crippen molar-refractivity contribution in [2.45, 2.75) is 51.7 Å². The standard InChI is InChI=1S/C19H30N2O2/c1-14(2)16-7-6-8-18(13-16)23-15(3)19(22)21(5)17-9-11-20(4)12-10-17/h6-8,13-15,17H,9-12H2,1-5H3. The van der Waals surface area contributed by atoms with Crippen molar-refractivity contribution in [2.75, 3.05) is 27.2 Å². The Morgan fingerprint density at radius 2 is 1.91 bits per heavy atom. The van der Waals surface area contributed by atoms with Crippen LogP contribution in [0.15, 0.2) is 24.3 Å². The van der Waals surface area contributed by atoms with Crippen molar-refractivity contribution < 1.29 is 9.53 Å². The maximum Gasteiger partial charge on any atom is 0.263 e. The highest BCUT2D eigenvalue weighted by Gasteiger charge is 2.27. The lowest BCUT2D eigenvalue weighted by atomic mass is 10.0. The highest BCUT2D eigenvalue weighted by atomic mass is 16.5. The summed E-state index contributed by atoms with van der Waals surface area (Å²) in [7, 11) is 4.04. The van der Waals surface area contributed by atoms with Crippen LogP contribution >= 0.6 is 0 Å². The lowest BCUT2D eigenvalue weighted by Crippen LogP contribution is -2.48. The zero-order valence-electron chi connectivity index (χ0n) is 15.1. The molecule has 0 aromatic heterocycles. The summed E-state index contributed by atoms with van der Waals surface area (Å²) in [6, 6.07) is 8.36. The smallest absolute Gasteiger partial charge is 0.263 e. The van der Waals surface area contributed by atoms with Gasteiger partial charge in [-0.15, -0.1) is 0 Å². The minimum atomic E-state index is -0.456. The molecule has 1 aliphatic heterocycles. The van der Waals surface area contributed by atoms with Gasteiger partial charge in [0.15, 0.2) is 6.10 Å². The second kappa shape index (κ2) is 7.82. The fourth-order valence-corrected chi connectivity index (χ4v) is 3.05. The number of likely N-dealkylation sites (tertiary alicyclic amines) is 1. The van der Waals surface area contributed by atoms with Gasteiger partial charge in [0, 0.05) is 13.1 Å². The molecule has 1 amide bonds. The van der Waals surface area contributed by atoms with Crippen molar-refractivity contribution in [2.24, 2.45) is 0 Å². The van der Waals surface area contributed by atoms with Crippen molar-refractivity contribution in [3.8, 4) is 5.75 Å². The number of nitrogens with zero attached hydrogens (tertiary/aromatic N) is 2. The van der Waals surface area contributed by atoms with E-state index in [1.54, 1.807) is 0 Å². The minimum absolute atomic E-state index is 0.0644. The highest BCUT2D eigenvalue weighted by molar-refractivity contribution is 5.81. The SMILES string of the molecule is CC(Oc1cccc(C(C)C)c1)C(=O)N(C)C1CCN(C)CC1. The maximum atomic E-state index is 12.6. The van der Waals surface area contributed by atoms with Gasteiger partial charge in [-0.1, -0.05) is 26.0 Å². The second-order valence-corrected chi connectivity index (χ2v) is 6.97. The molecule has 0 spiro atoms. The van der Waals surface area contributed by atoms with Gasteiger partial charge in [0.05, 0.1) is 0 Å². The lowest BCUT2D eigenvalue weighted by molar-refractivity contribution is -0.139. The van der Waals surface area contributed by atoms with Gasteiger partial charge in [-0.3, -0.25) is 4.79 Å². The van der Waals surface area contributed by atoms with Crippen LogP contribution in [0.2, 0.25) is 0 Å². The lowest BCUT2D eigenvalue weighted by Gasteiger charge is -2.36. The predicted octanol–water partition coefficient (Wildman–Crippen LogP) is 3.13. The molecule has 0 N–H and O–H groups in total. The van der Waals surface area contributed by atoms with Crippen molar-refractivity contribution in [1.82, 2.24) is 9.80 Å². The molecule has 23 heavy (non-hydrogen) atoms. The predicted molar refractivity (Wildman–Crippen MR) is 93.9 cm³/mol. The van der Waals surface area contributed by atoms with Crippen LogP contribution in [-0.2, 0) is 4.79 Å². The van der Waals surface area contributed by atoms with Crippen LogP contribution in [0, 0.1) is 0 Å². The Balaban J connectivity index is 1.95. The van der Waals surface area contributed by atoms with Crippen LogP contribution < -0.4 is 4.74 Å². The summed E-state index contributed by atoms with van der Waals surface area (Å²) >= 11 is 0. The number of hydrogen-bond donors (Lipinski definition) is 0. The molecule has 4 heteroatoms. The van der Waals surface area contributed by atoms with Gasteiger partial charge >= 0.3 is 0 Å². The summed E-state index contributed by atoms with van der Waals surface area (Å²) in [5.41, 5.74) is 1.23. The summed E-state index contributed by atoms with van der Waals surface area (Å²) in [6.45, 7) is 8.25. The van der Waals surface area contributed by atoms with E-state index in [4.69, 9.17) is 4.74 Å². The Kier molecular flexibility index (Phi) is 6.05. The van der Waals surface area contributed by atoms with Crippen molar-refractivity contribution in [1.29, 1.82) is 0 Å². The van der Waals surface area contributed by atoms with Gasteiger partial charge < -0.3 is 14.5 Å². The fraction of sp³-hybridized carbons (Fsp3) is 0.632. The molecule has 128 valence electrons. The minimum Gasteiger partial charge on any atom is -0.481 e. The van der Waals surface area contributed by atoms with Gasteiger partial charge in [-0.25, -0.2) is 0 Å². The molecule has 1 fully saturated rings. The Labute approximate surface area is 140 Å². The average Bonchev–Trinajstić information content (AvgIpc) is 2.54. The number of carbonyl (C=O) groups is 1. The van der Waals surface area contributed by atoms with Crippen molar-refractivity contribution in [3.05, 3.63) is 29.8 Å². The number of rotatable bonds is 5. The van der Waals surface area contributed by atoms with E-state index in [2.05, 4.69) is 31.9 Å². The third-order valence-electron chi connectivity index (χ3n) is 4.77. The Morgan fingerprint density at radius 1 is 1.26 bits per heavy atom. The third kappa shape index (κ3) is 4.71. The average molecular weight is 318 g/mol. The molecule has 1 aromatic rings. The number of amides is 1. The van der Waals surface area contributed by atoms with Gasteiger partial charge in [-0.2, -0.15) is 0 Å². The molecule has 2 rings (SSSR count). The number of hydrogen-bond acceptors (Lipinski definition) is 3. The first-order chi connectivity index (χ1) is 10.9. The molecule has 0 radical (unpaired) electrons. The molecule has 1 aliphatic rings. The molecule has 1 heterocycles. The van der Waals surface area contributed by atoms with E-state index in [9.17, 15) is 4.79 Å². The summed E-state index contributed by atoms with van der Waals surface area (Å²) in [5, 5.41) is 0. The summed E-state index contributed by atoms with van der Waals surface area (Å²) < 4.78 is 5.90. The van der Waals surface area contributed by atoms with Crippen LogP contribution in [0.5, 0.6) is 5.75 Å². The second-order valence-electron chi connectivity index (χ2n) is 6.97. The maximum absolute atomic E-state index is 12.6. The number of piperidine rings is 1. The molecular weight excluding hydrogens is 288 g/mol. The van der Waals surface area contributed by atoms with Gasteiger partial charge in [0.1, 0.15) is 5.75 Å². The first kappa shape index (κ1) is 17.8. The Hall–Kier alpha value is -1.55. The third-order valence-corrected chi connectivity index (χ3v) is 4.77. The number of carbonyl (C=O) groups excluding carboxylic acids is 1. The molecule has 1 unspecified atom stereocenters. The number of likely N-dealkylation sites (N-methyl/N-ethyl adjacent to an activating group) is 1. The highest BCUT2D eigenvalue weighted by Crippen LogP contribution is 2.22. The normalized spacial score (nSPS) is 18.0. The Morgan fingerprint density at radius 3 is 2.52 bits per heavy atom. The van der Waals surface area contributed by atoms with Gasteiger partial charge in [-0.05, 0) is 63.5 Å². The molecular formula is C19H30N2O2. The van der Waals surface area contributed by atoms with E-state index in [0.717, 1.165) is 31.7 Å². The molecule has 4 nitrogen and oxygen atoms in total. The molecule has 1 atom stereocenters. The molecule has 1 saturated heterocycles. The van der Waals surface area contributed by atoms with Crippen LogP contribution in [0.4, 0.5) is 0 Å². The van der Waals surface area contributed by atoms with E-state index in [1.807, 2.05) is 37.1 Å². The van der Waals surface area contributed by atoms with Crippen LogP contribution in [-0.4, -0.2) is 55.0 Å². The van der Waals surface area contributed by atoms with E-state index in [-0.39, 0.29) is 5.91 Å². The van der Waals surface area contributed by atoms with E-state index < -0.39 is 6.10 Å². The van der Waals surface area contributed by atoms with E-state index >= 15 is 0 Å². The molecule has 1 aromatic carbocycles. The first-order valence-electron chi connectivity index (χ1n) is 8.60. The van der Waals surface area contributed by atoms with Crippen molar-refractivity contribution >= 4 is 5.91 Å². The summed E-state index contributed by atoms with van der Waals surface area (Å²) in [5.74, 6) is 1.29. The Bertz CT molecular complexity index is 522. The van der Waals surface area contributed by atoms with E-state index in [0.29, 0.717) is 12.0 Å². The fourth-order valence-electron chi connectivity index (χ4n) is 3.05. The van der Waals surface area contributed by atoms with Crippen LogP contribution in [0.3, 0.4) is 0 Å². The summed E-state index contributed by atoms with van der Waals surface area (Å²) in [4.78, 5) is 16.8. The first-order valence-corrected chi connectivity index (χ1v) is 8.60. The van der Waals surface area contributed by atoms with E-state index in [1.165, 1.54) is 5.56 Å². The number of benzene rings is 1. The quantitative estimate of drug-likeness (QED) is 0.836. The summed E-state index contributed by atoms with van der Waals surface area (Å²) in [6.07, 6.45) is 1.62. The van der Waals surface area contributed by atoms with Crippen LogP contribution in [0.1, 0.15) is 45.1 Å². The topological polar surface area (TPSA) is 32.8 Å². The number of ether oxygens (including phenoxy) is 1. The monoisotopic (exact) mass is 318 g/mol.